The molecule has 0 saturated carbocycles. The van der Waals surface area contributed by atoms with E-state index in [1.165, 1.54) is 24.3 Å². The average molecular weight is 275 g/mol. The zero-order chi connectivity index (χ0) is 12.7. The topological polar surface area (TPSA) is 15.3 Å². The first-order chi connectivity index (χ1) is 8.09. The SMILES string of the molecule is CC(C)N(C)CCCCNCc1ccc(Cl)s1. The molecule has 0 aliphatic carbocycles. The molecule has 0 radical (unpaired) electrons. The Morgan fingerprint density at radius 1 is 1.35 bits per heavy atom. The van der Waals surface area contributed by atoms with Gasteiger partial charge in [0.05, 0.1) is 4.34 Å². The van der Waals surface area contributed by atoms with E-state index in [9.17, 15) is 0 Å². The molecule has 1 heterocycles. The second-order valence-electron chi connectivity index (χ2n) is 4.66. The molecule has 0 fully saturated rings. The van der Waals surface area contributed by atoms with E-state index in [0.29, 0.717) is 6.04 Å². The van der Waals surface area contributed by atoms with Crippen molar-refractivity contribution in [2.24, 2.45) is 0 Å². The van der Waals surface area contributed by atoms with Crippen molar-refractivity contribution >= 4 is 22.9 Å². The molecule has 0 spiro atoms. The molecule has 0 amide bonds. The molecule has 0 unspecified atom stereocenters. The highest BCUT2D eigenvalue weighted by molar-refractivity contribution is 7.16. The molecule has 0 saturated heterocycles. The van der Waals surface area contributed by atoms with Gasteiger partial charge < -0.3 is 10.2 Å². The number of nitrogens with zero attached hydrogens (tertiary/aromatic N) is 1. The summed E-state index contributed by atoms with van der Waals surface area (Å²) in [6.07, 6.45) is 2.49. The predicted molar refractivity (Wildman–Crippen MR) is 78.0 cm³/mol. The highest BCUT2D eigenvalue weighted by Gasteiger charge is 2.01. The number of thiophene rings is 1. The van der Waals surface area contributed by atoms with Crippen molar-refractivity contribution in [3.8, 4) is 0 Å². The van der Waals surface area contributed by atoms with Crippen molar-refractivity contribution in [3.05, 3.63) is 21.3 Å². The predicted octanol–water partition coefficient (Wildman–Crippen LogP) is 3.61. The Balaban J connectivity index is 1.98. The largest absolute Gasteiger partial charge is 0.312 e. The summed E-state index contributed by atoms with van der Waals surface area (Å²) in [5.41, 5.74) is 0. The highest BCUT2D eigenvalue weighted by atomic mass is 35.5. The van der Waals surface area contributed by atoms with Crippen molar-refractivity contribution in [2.45, 2.75) is 39.3 Å². The lowest BCUT2D eigenvalue weighted by Gasteiger charge is -2.20. The van der Waals surface area contributed by atoms with E-state index in [2.05, 4.69) is 37.2 Å². The Kier molecular flexibility index (Phi) is 7.12. The van der Waals surface area contributed by atoms with Crippen LogP contribution in [0.25, 0.3) is 0 Å². The van der Waals surface area contributed by atoms with Crippen molar-refractivity contribution in [3.63, 3.8) is 0 Å². The molecule has 1 rings (SSSR count). The van der Waals surface area contributed by atoms with Gasteiger partial charge in [-0.3, -0.25) is 0 Å². The molecule has 0 aliphatic rings. The van der Waals surface area contributed by atoms with Crippen molar-refractivity contribution in [1.29, 1.82) is 0 Å². The van der Waals surface area contributed by atoms with Crippen LogP contribution in [0.3, 0.4) is 0 Å². The van der Waals surface area contributed by atoms with E-state index in [4.69, 9.17) is 11.6 Å². The molecule has 4 heteroatoms. The first kappa shape index (κ1) is 15.0. The smallest absolute Gasteiger partial charge is 0.0931 e. The Labute approximate surface area is 114 Å². The monoisotopic (exact) mass is 274 g/mol. The van der Waals surface area contributed by atoms with Crippen LogP contribution in [-0.2, 0) is 6.54 Å². The summed E-state index contributed by atoms with van der Waals surface area (Å²) in [5.74, 6) is 0. The van der Waals surface area contributed by atoms with Gasteiger partial charge in [0.15, 0.2) is 0 Å². The Hall–Kier alpha value is -0.0900. The van der Waals surface area contributed by atoms with Gasteiger partial charge in [-0.25, -0.2) is 0 Å². The molecule has 1 aromatic rings. The van der Waals surface area contributed by atoms with Gasteiger partial charge in [0.1, 0.15) is 0 Å². The zero-order valence-electron chi connectivity index (χ0n) is 11.0. The average Bonchev–Trinajstić information content (AvgIpc) is 2.68. The van der Waals surface area contributed by atoms with E-state index in [1.807, 2.05) is 6.07 Å². The molecule has 2 nitrogen and oxygen atoms in total. The minimum absolute atomic E-state index is 0.649. The molecular formula is C13H23ClN2S. The quantitative estimate of drug-likeness (QED) is 0.729. The summed E-state index contributed by atoms with van der Waals surface area (Å²) < 4.78 is 0.875. The van der Waals surface area contributed by atoms with Gasteiger partial charge in [0.2, 0.25) is 0 Å². The van der Waals surface area contributed by atoms with Gasteiger partial charge >= 0.3 is 0 Å². The van der Waals surface area contributed by atoms with Crippen LogP contribution in [0, 0.1) is 0 Å². The highest BCUT2D eigenvalue weighted by Crippen LogP contribution is 2.20. The number of hydrogen-bond donors (Lipinski definition) is 1. The van der Waals surface area contributed by atoms with Crippen LogP contribution in [0.15, 0.2) is 12.1 Å². The fourth-order valence-corrected chi connectivity index (χ4v) is 2.58. The minimum Gasteiger partial charge on any atom is -0.312 e. The zero-order valence-corrected chi connectivity index (χ0v) is 12.6. The summed E-state index contributed by atoms with van der Waals surface area (Å²) in [6.45, 7) is 7.68. The number of nitrogens with one attached hydrogen (secondary N) is 1. The third kappa shape index (κ3) is 6.41. The standard InChI is InChI=1S/C13H23ClN2S/c1-11(2)16(3)9-5-4-8-15-10-12-6-7-13(14)17-12/h6-7,11,15H,4-5,8-10H2,1-3H3. The van der Waals surface area contributed by atoms with Gasteiger partial charge in [0, 0.05) is 17.5 Å². The van der Waals surface area contributed by atoms with Gasteiger partial charge in [-0.2, -0.15) is 0 Å². The van der Waals surface area contributed by atoms with Crippen LogP contribution in [0.2, 0.25) is 4.34 Å². The third-order valence-electron chi connectivity index (χ3n) is 2.92. The van der Waals surface area contributed by atoms with E-state index in [-0.39, 0.29) is 0 Å². The van der Waals surface area contributed by atoms with Crippen molar-refractivity contribution in [2.75, 3.05) is 20.1 Å². The maximum Gasteiger partial charge on any atom is 0.0931 e. The summed E-state index contributed by atoms with van der Waals surface area (Å²) in [4.78, 5) is 3.70. The van der Waals surface area contributed by atoms with Crippen LogP contribution in [0.5, 0.6) is 0 Å². The third-order valence-corrected chi connectivity index (χ3v) is 4.16. The number of unbranched alkanes of at least 4 members (excludes halogenated alkanes) is 1. The molecule has 98 valence electrons. The van der Waals surface area contributed by atoms with Gasteiger partial charge in [-0.15, -0.1) is 11.3 Å². The molecular weight excluding hydrogens is 252 g/mol. The summed E-state index contributed by atoms with van der Waals surface area (Å²) in [6, 6.07) is 4.70. The summed E-state index contributed by atoms with van der Waals surface area (Å²) in [7, 11) is 2.19. The molecule has 0 atom stereocenters. The molecule has 0 aromatic carbocycles. The maximum atomic E-state index is 5.87. The Bertz CT molecular complexity index is 312. The van der Waals surface area contributed by atoms with Crippen LogP contribution >= 0.6 is 22.9 Å². The van der Waals surface area contributed by atoms with Gasteiger partial charge in [0.25, 0.3) is 0 Å². The lowest BCUT2D eigenvalue weighted by Crippen LogP contribution is -2.27. The lowest BCUT2D eigenvalue weighted by molar-refractivity contribution is 0.268. The van der Waals surface area contributed by atoms with Crippen LogP contribution in [0.4, 0.5) is 0 Å². The molecule has 1 N–H and O–H groups in total. The fourth-order valence-electron chi connectivity index (χ4n) is 1.53. The van der Waals surface area contributed by atoms with E-state index >= 15 is 0 Å². The maximum absolute atomic E-state index is 5.87. The normalized spacial score (nSPS) is 11.6. The second-order valence-corrected chi connectivity index (χ2v) is 6.46. The first-order valence-corrected chi connectivity index (χ1v) is 7.44. The number of rotatable bonds is 8. The molecule has 0 bridgehead atoms. The second kappa shape index (κ2) is 8.09. The van der Waals surface area contributed by atoms with Crippen LogP contribution < -0.4 is 5.32 Å². The van der Waals surface area contributed by atoms with Crippen molar-refractivity contribution in [1.82, 2.24) is 10.2 Å². The first-order valence-electron chi connectivity index (χ1n) is 6.24. The van der Waals surface area contributed by atoms with E-state index in [1.54, 1.807) is 11.3 Å². The van der Waals surface area contributed by atoms with Crippen LogP contribution in [-0.4, -0.2) is 31.1 Å². The number of hydrogen-bond acceptors (Lipinski definition) is 3. The fraction of sp³-hybridized carbons (Fsp3) is 0.692. The number of halogens is 1. The van der Waals surface area contributed by atoms with Gasteiger partial charge in [-0.05, 0) is 59.0 Å². The van der Waals surface area contributed by atoms with E-state index in [0.717, 1.165) is 17.4 Å². The summed E-state index contributed by atoms with van der Waals surface area (Å²) >= 11 is 7.53. The molecule has 0 aliphatic heterocycles. The Morgan fingerprint density at radius 3 is 2.71 bits per heavy atom. The van der Waals surface area contributed by atoms with E-state index < -0.39 is 0 Å². The molecule has 1 aromatic heterocycles. The lowest BCUT2D eigenvalue weighted by atomic mass is 10.2. The summed E-state index contributed by atoms with van der Waals surface area (Å²) in [5, 5.41) is 3.45. The minimum atomic E-state index is 0.649. The van der Waals surface area contributed by atoms with Gasteiger partial charge in [-0.1, -0.05) is 11.6 Å². The van der Waals surface area contributed by atoms with Crippen LogP contribution in [0.1, 0.15) is 31.6 Å². The Morgan fingerprint density at radius 2 is 2.12 bits per heavy atom. The van der Waals surface area contributed by atoms with Crippen molar-refractivity contribution < 1.29 is 0 Å². The molecule has 17 heavy (non-hydrogen) atoms.